The topological polar surface area (TPSA) is 58.1 Å². The first-order valence-corrected chi connectivity index (χ1v) is 9.21. The van der Waals surface area contributed by atoms with Crippen LogP contribution in [0, 0.1) is 12.8 Å². The van der Waals surface area contributed by atoms with E-state index < -0.39 is 0 Å². The van der Waals surface area contributed by atoms with Crippen molar-refractivity contribution in [3.05, 3.63) is 65.8 Å². The predicted molar refractivity (Wildman–Crippen MR) is 104 cm³/mol. The summed E-state index contributed by atoms with van der Waals surface area (Å²) in [5.41, 5.74) is 2.43. The first-order chi connectivity index (χ1) is 12.7. The average molecular weight is 350 g/mol. The number of amides is 1. The van der Waals surface area contributed by atoms with Gasteiger partial charge in [0.1, 0.15) is 5.69 Å². The standard InChI is InChI=1S/C21H26N4O/c1-17-13-23-20(15-22-17)21(26)24-14-19-10-6-12-25(16-19)11-5-9-18-7-3-2-4-8-18/h2-5,7-9,13,15,19H,6,10-12,14,16H2,1H3,(H,24,26)/b9-5+. The lowest BCUT2D eigenvalue weighted by Crippen LogP contribution is -2.41. The Balaban J connectivity index is 1.44. The van der Waals surface area contributed by atoms with Crippen molar-refractivity contribution in [1.29, 1.82) is 0 Å². The van der Waals surface area contributed by atoms with Crippen LogP contribution in [0.4, 0.5) is 0 Å². The number of nitrogens with zero attached hydrogens (tertiary/aromatic N) is 3. The SMILES string of the molecule is Cc1cnc(C(=O)NCC2CCCN(C/C=C/c3ccccc3)C2)cn1. The molecule has 1 N–H and O–H groups in total. The fourth-order valence-corrected chi connectivity index (χ4v) is 3.22. The predicted octanol–water partition coefficient (Wildman–Crippen LogP) is 2.94. The van der Waals surface area contributed by atoms with Crippen LogP contribution >= 0.6 is 0 Å². The summed E-state index contributed by atoms with van der Waals surface area (Å²) in [4.78, 5) is 22.9. The molecular weight excluding hydrogens is 324 g/mol. The number of hydrogen-bond acceptors (Lipinski definition) is 4. The Morgan fingerprint density at radius 1 is 1.27 bits per heavy atom. The first-order valence-electron chi connectivity index (χ1n) is 9.21. The molecule has 0 spiro atoms. The molecule has 1 fully saturated rings. The minimum atomic E-state index is -0.140. The molecule has 1 aromatic heterocycles. The quantitative estimate of drug-likeness (QED) is 0.870. The summed E-state index contributed by atoms with van der Waals surface area (Å²) in [7, 11) is 0. The fraction of sp³-hybridized carbons (Fsp3) is 0.381. The van der Waals surface area contributed by atoms with E-state index in [1.807, 2.05) is 13.0 Å². The zero-order chi connectivity index (χ0) is 18.2. The molecule has 5 heteroatoms. The Labute approximate surface area is 155 Å². The van der Waals surface area contributed by atoms with Gasteiger partial charge in [0.05, 0.1) is 11.9 Å². The highest BCUT2D eigenvalue weighted by Crippen LogP contribution is 2.16. The van der Waals surface area contributed by atoms with Gasteiger partial charge in [0.25, 0.3) is 5.91 Å². The van der Waals surface area contributed by atoms with Crippen molar-refractivity contribution in [3.8, 4) is 0 Å². The van der Waals surface area contributed by atoms with E-state index in [1.54, 1.807) is 6.20 Å². The van der Waals surface area contributed by atoms with Crippen LogP contribution in [0.25, 0.3) is 6.08 Å². The van der Waals surface area contributed by atoms with E-state index in [-0.39, 0.29) is 5.91 Å². The highest BCUT2D eigenvalue weighted by atomic mass is 16.1. The molecule has 0 saturated carbocycles. The molecule has 1 saturated heterocycles. The first kappa shape index (κ1) is 18.3. The van der Waals surface area contributed by atoms with Crippen molar-refractivity contribution >= 4 is 12.0 Å². The van der Waals surface area contributed by atoms with Gasteiger partial charge in [0.15, 0.2) is 0 Å². The van der Waals surface area contributed by atoms with Gasteiger partial charge in [0, 0.05) is 25.8 Å². The van der Waals surface area contributed by atoms with Crippen molar-refractivity contribution in [2.45, 2.75) is 19.8 Å². The van der Waals surface area contributed by atoms with Gasteiger partial charge in [-0.05, 0) is 37.8 Å². The normalized spacial score (nSPS) is 18.1. The number of piperidine rings is 1. The molecule has 1 unspecified atom stereocenters. The van der Waals surface area contributed by atoms with E-state index in [1.165, 1.54) is 18.2 Å². The molecule has 1 aliphatic rings. The van der Waals surface area contributed by atoms with Crippen molar-refractivity contribution in [1.82, 2.24) is 20.2 Å². The van der Waals surface area contributed by atoms with Crippen LogP contribution in [0.1, 0.15) is 34.6 Å². The van der Waals surface area contributed by atoms with E-state index in [0.717, 1.165) is 31.7 Å². The van der Waals surface area contributed by atoms with E-state index in [4.69, 9.17) is 0 Å². The van der Waals surface area contributed by atoms with E-state index in [9.17, 15) is 4.79 Å². The highest BCUT2D eigenvalue weighted by molar-refractivity contribution is 5.91. The summed E-state index contributed by atoms with van der Waals surface area (Å²) in [6, 6.07) is 10.4. The Bertz CT molecular complexity index is 727. The molecule has 26 heavy (non-hydrogen) atoms. The molecule has 2 aromatic rings. The van der Waals surface area contributed by atoms with Gasteiger partial charge in [-0.2, -0.15) is 0 Å². The summed E-state index contributed by atoms with van der Waals surface area (Å²) >= 11 is 0. The van der Waals surface area contributed by atoms with Crippen molar-refractivity contribution in [3.63, 3.8) is 0 Å². The van der Waals surface area contributed by atoms with Gasteiger partial charge in [-0.3, -0.25) is 14.7 Å². The van der Waals surface area contributed by atoms with Crippen LogP contribution in [0.15, 0.2) is 48.8 Å². The Hall–Kier alpha value is -2.53. The van der Waals surface area contributed by atoms with Gasteiger partial charge in [0.2, 0.25) is 0 Å². The maximum Gasteiger partial charge on any atom is 0.271 e. The third-order valence-electron chi connectivity index (χ3n) is 4.64. The molecule has 0 bridgehead atoms. The third-order valence-corrected chi connectivity index (χ3v) is 4.64. The van der Waals surface area contributed by atoms with Gasteiger partial charge in [-0.15, -0.1) is 0 Å². The van der Waals surface area contributed by atoms with Gasteiger partial charge in [-0.25, -0.2) is 4.98 Å². The van der Waals surface area contributed by atoms with E-state index >= 15 is 0 Å². The number of rotatable bonds is 6. The maximum absolute atomic E-state index is 12.2. The zero-order valence-corrected chi connectivity index (χ0v) is 15.3. The molecule has 5 nitrogen and oxygen atoms in total. The molecule has 1 amide bonds. The number of nitrogens with one attached hydrogen (secondary N) is 1. The number of benzene rings is 1. The summed E-state index contributed by atoms with van der Waals surface area (Å²) in [5, 5.41) is 3.00. The minimum absolute atomic E-state index is 0.140. The molecule has 1 aliphatic heterocycles. The summed E-state index contributed by atoms with van der Waals surface area (Å²) in [6.07, 6.45) is 9.87. The van der Waals surface area contributed by atoms with Crippen LogP contribution in [0.2, 0.25) is 0 Å². The van der Waals surface area contributed by atoms with Crippen LogP contribution in [-0.2, 0) is 0 Å². The molecular formula is C21H26N4O. The Kier molecular flexibility index (Phi) is 6.50. The smallest absolute Gasteiger partial charge is 0.271 e. The number of carbonyl (C=O) groups excluding carboxylic acids is 1. The Morgan fingerprint density at radius 3 is 2.88 bits per heavy atom. The summed E-state index contributed by atoms with van der Waals surface area (Å²) in [5.74, 6) is 0.342. The summed E-state index contributed by atoms with van der Waals surface area (Å²) < 4.78 is 0. The molecule has 0 radical (unpaired) electrons. The third kappa shape index (κ3) is 5.49. The lowest BCUT2D eigenvalue weighted by atomic mass is 9.98. The van der Waals surface area contributed by atoms with Crippen LogP contribution in [0.5, 0.6) is 0 Å². The van der Waals surface area contributed by atoms with Crippen LogP contribution < -0.4 is 5.32 Å². The highest BCUT2D eigenvalue weighted by Gasteiger charge is 2.20. The largest absolute Gasteiger partial charge is 0.350 e. The lowest BCUT2D eigenvalue weighted by molar-refractivity contribution is 0.0929. The lowest BCUT2D eigenvalue weighted by Gasteiger charge is -2.32. The number of carbonyl (C=O) groups is 1. The maximum atomic E-state index is 12.2. The van der Waals surface area contributed by atoms with Gasteiger partial charge >= 0.3 is 0 Å². The summed E-state index contributed by atoms with van der Waals surface area (Å²) in [6.45, 7) is 5.62. The number of likely N-dealkylation sites (tertiary alicyclic amines) is 1. The minimum Gasteiger partial charge on any atom is -0.350 e. The molecule has 1 aromatic carbocycles. The Morgan fingerprint density at radius 2 is 2.12 bits per heavy atom. The van der Waals surface area contributed by atoms with E-state index in [0.29, 0.717) is 18.2 Å². The van der Waals surface area contributed by atoms with Gasteiger partial charge < -0.3 is 5.32 Å². The van der Waals surface area contributed by atoms with Crippen molar-refractivity contribution in [2.75, 3.05) is 26.2 Å². The number of aryl methyl sites for hydroxylation is 1. The molecule has 2 heterocycles. The fourth-order valence-electron chi connectivity index (χ4n) is 3.22. The molecule has 3 rings (SSSR count). The van der Waals surface area contributed by atoms with Crippen molar-refractivity contribution in [2.24, 2.45) is 5.92 Å². The monoisotopic (exact) mass is 350 g/mol. The molecule has 0 aliphatic carbocycles. The van der Waals surface area contributed by atoms with Crippen LogP contribution in [-0.4, -0.2) is 47.0 Å². The van der Waals surface area contributed by atoms with Crippen molar-refractivity contribution < 1.29 is 4.79 Å². The second kappa shape index (κ2) is 9.25. The molecule has 1 atom stereocenters. The second-order valence-electron chi connectivity index (χ2n) is 6.83. The van der Waals surface area contributed by atoms with E-state index in [2.05, 4.69) is 56.6 Å². The van der Waals surface area contributed by atoms with Crippen LogP contribution in [0.3, 0.4) is 0 Å². The average Bonchev–Trinajstić information content (AvgIpc) is 2.68. The van der Waals surface area contributed by atoms with Gasteiger partial charge in [-0.1, -0.05) is 42.5 Å². The second-order valence-corrected chi connectivity index (χ2v) is 6.83. The zero-order valence-electron chi connectivity index (χ0n) is 15.3. The number of aromatic nitrogens is 2. The molecule has 136 valence electrons. The number of hydrogen-bond donors (Lipinski definition) is 1.